The molecule has 18 heavy (non-hydrogen) atoms. The Morgan fingerprint density at radius 3 is 2.72 bits per heavy atom. The van der Waals surface area contributed by atoms with Gasteiger partial charge in [-0.15, -0.1) is 0 Å². The summed E-state index contributed by atoms with van der Waals surface area (Å²) in [7, 11) is 0. The van der Waals surface area contributed by atoms with Crippen LogP contribution in [0.25, 0.3) is 0 Å². The SMILES string of the molecule is CC(C)c1[nH]nc(C(=O)NCC2(CO)CC2)c1N. The summed E-state index contributed by atoms with van der Waals surface area (Å²) in [6, 6.07) is 0. The molecule has 0 radical (unpaired) electrons. The van der Waals surface area contributed by atoms with Crippen LogP contribution in [0.5, 0.6) is 0 Å². The average Bonchev–Trinajstić information content (AvgIpc) is 3.02. The number of carbonyl (C=O) groups is 1. The normalized spacial score (nSPS) is 16.9. The number of anilines is 1. The van der Waals surface area contributed by atoms with Crippen molar-refractivity contribution in [3.8, 4) is 0 Å². The number of hydrogen-bond acceptors (Lipinski definition) is 4. The molecule has 100 valence electrons. The fraction of sp³-hybridized carbons (Fsp3) is 0.667. The number of nitrogens with one attached hydrogen (secondary N) is 2. The van der Waals surface area contributed by atoms with Gasteiger partial charge in [0.25, 0.3) is 5.91 Å². The van der Waals surface area contributed by atoms with Gasteiger partial charge >= 0.3 is 0 Å². The Morgan fingerprint density at radius 2 is 2.28 bits per heavy atom. The third-order valence-corrected chi connectivity index (χ3v) is 3.54. The Kier molecular flexibility index (Phi) is 3.30. The fourth-order valence-electron chi connectivity index (χ4n) is 1.90. The van der Waals surface area contributed by atoms with Gasteiger partial charge in [-0.1, -0.05) is 13.8 Å². The van der Waals surface area contributed by atoms with E-state index in [1.807, 2.05) is 13.8 Å². The van der Waals surface area contributed by atoms with Crippen molar-refractivity contribution in [2.45, 2.75) is 32.6 Å². The first-order valence-electron chi connectivity index (χ1n) is 6.22. The van der Waals surface area contributed by atoms with Crippen molar-refractivity contribution in [1.82, 2.24) is 15.5 Å². The standard InChI is InChI=1S/C12H20N4O2/c1-7(2)9-8(13)10(16-15-9)11(18)14-5-12(6-17)3-4-12/h7,17H,3-6,13H2,1-2H3,(H,14,18)(H,15,16). The lowest BCUT2D eigenvalue weighted by Gasteiger charge is -2.12. The lowest BCUT2D eigenvalue weighted by molar-refractivity contribution is 0.0931. The molecule has 5 N–H and O–H groups in total. The lowest BCUT2D eigenvalue weighted by Crippen LogP contribution is -2.32. The topological polar surface area (TPSA) is 104 Å². The Bertz CT molecular complexity index is 449. The number of aromatic nitrogens is 2. The van der Waals surface area contributed by atoms with Crippen LogP contribution in [0.2, 0.25) is 0 Å². The number of aliphatic hydroxyl groups is 1. The molecule has 0 aromatic carbocycles. The van der Waals surface area contributed by atoms with Crippen molar-refractivity contribution >= 4 is 11.6 Å². The zero-order valence-corrected chi connectivity index (χ0v) is 10.8. The van der Waals surface area contributed by atoms with Crippen LogP contribution in [-0.4, -0.2) is 34.4 Å². The van der Waals surface area contributed by atoms with Crippen LogP contribution in [0.3, 0.4) is 0 Å². The number of nitrogens with zero attached hydrogens (tertiary/aromatic N) is 1. The van der Waals surface area contributed by atoms with Crippen molar-refractivity contribution < 1.29 is 9.90 Å². The minimum Gasteiger partial charge on any atom is -0.396 e. The predicted molar refractivity (Wildman–Crippen MR) is 68.2 cm³/mol. The summed E-state index contributed by atoms with van der Waals surface area (Å²) in [6.07, 6.45) is 1.91. The van der Waals surface area contributed by atoms with Crippen LogP contribution in [-0.2, 0) is 0 Å². The second-order valence-electron chi connectivity index (χ2n) is 5.40. The molecule has 0 bridgehead atoms. The smallest absolute Gasteiger partial charge is 0.273 e. The fourth-order valence-corrected chi connectivity index (χ4v) is 1.90. The van der Waals surface area contributed by atoms with Crippen LogP contribution in [0, 0.1) is 5.41 Å². The van der Waals surface area contributed by atoms with Gasteiger partial charge in [0, 0.05) is 12.0 Å². The van der Waals surface area contributed by atoms with E-state index in [4.69, 9.17) is 5.73 Å². The molecule has 1 heterocycles. The van der Waals surface area contributed by atoms with Gasteiger partial charge in [0.1, 0.15) is 0 Å². The number of H-pyrrole nitrogens is 1. The summed E-state index contributed by atoms with van der Waals surface area (Å²) in [5, 5.41) is 18.7. The molecule has 1 amide bonds. The molecule has 0 saturated heterocycles. The molecule has 1 fully saturated rings. The maximum absolute atomic E-state index is 11.9. The number of aliphatic hydroxyl groups excluding tert-OH is 1. The maximum Gasteiger partial charge on any atom is 0.273 e. The summed E-state index contributed by atoms with van der Waals surface area (Å²) in [4.78, 5) is 11.9. The maximum atomic E-state index is 11.9. The molecule has 0 unspecified atom stereocenters. The molecule has 6 heteroatoms. The average molecular weight is 252 g/mol. The van der Waals surface area contributed by atoms with Crippen LogP contribution in [0.4, 0.5) is 5.69 Å². The van der Waals surface area contributed by atoms with Crippen LogP contribution < -0.4 is 11.1 Å². The van der Waals surface area contributed by atoms with E-state index >= 15 is 0 Å². The number of rotatable bonds is 5. The zero-order chi connectivity index (χ0) is 13.3. The number of nitrogens with two attached hydrogens (primary N) is 1. The van der Waals surface area contributed by atoms with E-state index in [2.05, 4.69) is 15.5 Å². The van der Waals surface area contributed by atoms with Gasteiger partial charge in [-0.25, -0.2) is 0 Å². The van der Waals surface area contributed by atoms with Crippen molar-refractivity contribution in [1.29, 1.82) is 0 Å². The van der Waals surface area contributed by atoms with Gasteiger partial charge in [-0.3, -0.25) is 9.89 Å². The minimum absolute atomic E-state index is 0.110. The number of hydrogen-bond donors (Lipinski definition) is 4. The molecule has 1 aliphatic rings. The monoisotopic (exact) mass is 252 g/mol. The van der Waals surface area contributed by atoms with Gasteiger partial charge in [0.15, 0.2) is 5.69 Å². The molecular formula is C12H20N4O2. The van der Waals surface area contributed by atoms with E-state index in [0.717, 1.165) is 18.5 Å². The Labute approximate surface area is 106 Å². The predicted octanol–water partition coefficient (Wildman–Crippen LogP) is 0.618. The zero-order valence-electron chi connectivity index (χ0n) is 10.8. The van der Waals surface area contributed by atoms with Crippen molar-refractivity contribution in [2.75, 3.05) is 18.9 Å². The van der Waals surface area contributed by atoms with E-state index in [-0.39, 0.29) is 29.5 Å². The highest BCUT2D eigenvalue weighted by molar-refractivity contribution is 5.97. The summed E-state index contributed by atoms with van der Waals surface area (Å²) in [6.45, 7) is 4.55. The van der Waals surface area contributed by atoms with Crippen LogP contribution in [0.1, 0.15) is 48.8 Å². The second-order valence-corrected chi connectivity index (χ2v) is 5.40. The van der Waals surface area contributed by atoms with Crippen molar-refractivity contribution in [3.63, 3.8) is 0 Å². The van der Waals surface area contributed by atoms with E-state index in [1.165, 1.54) is 0 Å². The molecular weight excluding hydrogens is 232 g/mol. The second kappa shape index (κ2) is 4.61. The first-order valence-corrected chi connectivity index (χ1v) is 6.22. The Hall–Kier alpha value is -1.56. The molecule has 0 atom stereocenters. The Morgan fingerprint density at radius 1 is 1.61 bits per heavy atom. The number of carbonyl (C=O) groups excluding carboxylic acids is 1. The third kappa shape index (κ3) is 2.33. The molecule has 1 aromatic rings. The highest BCUT2D eigenvalue weighted by atomic mass is 16.3. The van der Waals surface area contributed by atoms with E-state index in [0.29, 0.717) is 12.2 Å². The Balaban J connectivity index is 2.01. The summed E-state index contributed by atoms with van der Waals surface area (Å²) >= 11 is 0. The third-order valence-electron chi connectivity index (χ3n) is 3.54. The number of nitrogen functional groups attached to an aromatic ring is 1. The van der Waals surface area contributed by atoms with Crippen LogP contribution >= 0.6 is 0 Å². The molecule has 1 aliphatic carbocycles. The quantitative estimate of drug-likeness (QED) is 0.616. The summed E-state index contributed by atoms with van der Waals surface area (Å²) < 4.78 is 0. The molecule has 0 spiro atoms. The number of amides is 1. The van der Waals surface area contributed by atoms with Crippen LogP contribution in [0.15, 0.2) is 0 Å². The van der Waals surface area contributed by atoms with Crippen molar-refractivity contribution in [2.24, 2.45) is 5.41 Å². The first kappa shape index (κ1) is 12.9. The molecule has 0 aliphatic heterocycles. The van der Waals surface area contributed by atoms with Gasteiger partial charge in [-0.05, 0) is 18.8 Å². The van der Waals surface area contributed by atoms with Gasteiger partial charge in [0.2, 0.25) is 0 Å². The highest BCUT2D eigenvalue weighted by Gasteiger charge is 2.42. The van der Waals surface area contributed by atoms with Gasteiger partial charge in [-0.2, -0.15) is 5.10 Å². The summed E-state index contributed by atoms with van der Waals surface area (Å²) in [5.41, 5.74) is 7.22. The van der Waals surface area contributed by atoms with E-state index in [1.54, 1.807) is 0 Å². The largest absolute Gasteiger partial charge is 0.396 e. The lowest BCUT2D eigenvalue weighted by atomic mass is 10.1. The van der Waals surface area contributed by atoms with E-state index in [9.17, 15) is 9.90 Å². The molecule has 1 aromatic heterocycles. The summed E-state index contributed by atoms with van der Waals surface area (Å²) in [5.74, 6) is -0.0818. The highest BCUT2D eigenvalue weighted by Crippen LogP contribution is 2.44. The van der Waals surface area contributed by atoms with Crippen molar-refractivity contribution in [3.05, 3.63) is 11.4 Å². The molecule has 6 nitrogen and oxygen atoms in total. The number of aromatic amines is 1. The van der Waals surface area contributed by atoms with Gasteiger partial charge in [0.05, 0.1) is 18.0 Å². The molecule has 1 saturated carbocycles. The van der Waals surface area contributed by atoms with Gasteiger partial charge < -0.3 is 16.2 Å². The van der Waals surface area contributed by atoms with E-state index < -0.39 is 0 Å². The minimum atomic E-state index is -0.282. The first-order chi connectivity index (χ1) is 8.49. The molecule has 2 rings (SSSR count).